The molecule has 2 aromatic rings. The van der Waals surface area contributed by atoms with Gasteiger partial charge in [-0.1, -0.05) is 0 Å². The summed E-state index contributed by atoms with van der Waals surface area (Å²) < 4.78 is 42.8. The summed E-state index contributed by atoms with van der Waals surface area (Å²) in [5, 5.41) is 21.7. The quantitative estimate of drug-likeness (QED) is 0.681. The SMILES string of the molecule is CCOc1ccc(NC(C)=O)cc1.N#Cc1ccc(NC(=O)CO)cc1C(F)(F)F. The van der Waals surface area contributed by atoms with Crippen molar-refractivity contribution in [1.82, 2.24) is 0 Å². The third-order valence-corrected chi connectivity index (χ3v) is 3.36. The molecule has 0 spiro atoms. The molecule has 0 fully saturated rings. The lowest BCUT2D eigenvalue weighted by Crippen LogP contribution is -2.16. The first-order chi connectivity index (χ1) is 14.1. The van der Waals surface area contributed by atoms with E-state index < -0.39 is 29.8 Å². The predicted octanol–water partition coefficient (Wildman–Crippen LogP) is 3.55. The minimum atomic E-state index is -4.68. The number of nitrogens with one attached hydrogen (secondary N) is 2. The molecule has 3 N–H and O–H groups in total. The Balaban J connectivity index is 0.000000311. The van der Waals surface area contributed by atoms with E-state index in [-0.39, 0.29) is 11.6 Å². The number of halogens is 3. The van der Waals surface area contributed by atoms with Crippen molar-refractivity contribution in [2.24, 2.45) is 0 Å². The van der Waals surface area contributed by atoms with Crippen LogP contribution in [-0.4, -0.2) is 30.1 Å². The minimum Gasteiger partial charge on any atom is -0.494 e. The molecule has 0 aliphatic carbocycles. The Hall–Kier alpha value is -3.58. The minimum absolute atomic E-state index is 0.0656. The highest BCUT2D eigenvalue weighted by Gasteiger charge is 2.33. The van der Waals surface area contributed by atoms with Crippen LogP contribution >= 0.6 is 0 Å². The van der Waals surface area contributed by atoms with Crippen molar-refractivity contribution in [3.8, 4) is 11.8 Å². The monoisotopic (exact) mass is 423 g/mol. The number of hydrogen-bond donors (Lipinski definition) is 3. The van der Waals surface area contributed by atoms with E-state index in [1.165, 1.54) is 13.0 Å². The molecule has 0 saturated carbocycles. The van der Waals surface area contributed by atoms with Crippen LogP contribution in [0.15, 0.2) is 42.5 Å². The molecule has 2 rings (SSSR count). The van der Waals surface area contributed by atoms with Crippen LogP contribution in [0.1, 0.15) is 25.0 Å². The molecule has 0 saturated heterocycles. The summed E-state index contributed by atoms with van der Waals surface area (Å²) in [7, 11) is 0. The zero-order chi connectivity index (χ0) is 22.7. The summed E-state index contributed by atoms with van der Waals surface area (Å²) in [6, 6.07) is 11.4. The molecular formula is C20H20F3N3O4. The number of aliphatic hydroxyl groups is 1. The molecule has 0 aliphatic heterocycles. The highest BCUT2D eigenvalue weighted by Crippen LogP contribution is 2.33. The summed E-state index contributed by atoms with van der Waals surface area (Å²) in [4.78, 5) is 21.5. The van der Waals surface area contributed by atoms with Crippen LogP contribution in [0.3, 0.4) is 0 Å². The number of ether oxygens (including phenoxy) is 1. The number of benzene rings is 2. The highest BCUT2D eigenvalue weighted by atomic mass is 19.4. The molecule has 0 bridgehead atoms. The van der Waals surface area contributed by atoms with Gasteiger partial charge in [0.25, 0.3) is 0 Å². The number of aliphatic hydroxyl groups excluding tert-OH is 1. The van der Waals surface area contributed by atoms with Gasteiger partial charge >= 0.3 is 6.18 Å². The lowest BCUT2D eigenvalue weighted by molar-refractivity contribution is -0.137. The van der Waals surface area contributed by atoms with Crippen LogP contribution in [0.4, 0.5) is 24.5 Å². The number of carbonyl (C=O) groups excluding carboxylic acids is 2. The van der Waals surface area contributed by atoms with Crippen LogP contribution in [-0.2, 0) is 15.8 Å². The average Bonchev–Trinajstić information content (AvgIpc) is 2.69. The second-order valence-corrected chi connectivity index (χ2v) is 5.71. The van der Waals surface area contributed by atoms with Crippen LogP contribution < -0.4 is 15.4 Å². The first-order valence-corrected chi connectivity index (χ1v) is 8.63. The molecule has 0 radical (unpaired) electrons. The van der Waals surface area contributed by atoms with Crippen LogP contribution in [0, 0.1) is 11.3 Å². The topological polar surface area (TPSA) is 111 Å². The Morgan fingerprint density at radius 1 is 1.10 bits per heavy atom. The zero-order valence-corrected chi connectivity index (χ0v) is 16.2. The molecule has 0 atom stereocenters. The number of nitriles is 1. The Morgan fingerprint density at radius 2 is 1.70 bits per heavy atom. The molecule has 30 heavy (non-hydrogen) atoms. The largest absolute Gasteiger partial charge is 0.494 e. The number of amides is 2. The number of hydrogen-bond acceptors (Lipinski definition) is 5. The summed E-state index contributed by atoms with van der Waals surface area (Å²) in [6.07, 6.45) is -4.68. The van der Waals surface area contributed by atoms with Crippen LogP contribution in [0.2, 0.25) is 0 Å². The van der Waals surface area contributed by atoms with Crippen molar-refractivity contribution in [1.29, 1.82) is 5.26 Å². The Bertz CT molecular complexity index is 907. The number of alkyl halides is 3. The second-order valence-electron chi connectivity index (χ2n) is 5.71. The van der Waals surface area contributed by atoms with E-state index in [1.54, 1.807) is 0 Å². The molecule has 0 aromatic heterocycles. The van der Waals surface area contributed by atoms with Crippen molar-refractivity contribution in [2.45, 2.75) is 20.0 Å². The van der Waals surface area contributed by atoms with Crippen LogP contribution in [0.25, 0.3) is 0 Å². The summed E-state index contributed by atoms with van der Waals surface area (Å²) in [6.45, 7) is 3.24. The third kappa shape index (κ3) is 8.20. The van der Waals surface area contributed by atoms with E-state index in [9.17, 15) is 22.8 Å². The number of nitrogens with zero attached hydrogens (tertiary/aromatic N) is 1. The van der Waals surface area contributed by atoms with Crippen molar-refractivity contribution < 1.29 is 32.6 Å². The van der Waals surface area contributed by atoms with Crippen molar-refractivity contribution >= 4 is 23.2 Å². The zero-order valence-electron chi connectivity index (χ0n) is 16.2. The van der Waals surface area contributed by atoms with Crippen LogP contribution in [0.5, 0.6) is 5.75 Å². The van der Waals surface area contributed by atoms with Gasteiger partial charge in [0.15, 0.2) is 0 Å². The summed E-state index contributed by atoms with van der Waals surface area (Å²) >= 11 is 0. The van der Waals surface area contributed by atoms with Gasteiger partial charge in [-0.3, -0.25) is 9.59 Å². The standard InChI is InChI=1S/C10H7F3N2O2.C10H13NO2/c11-10(12,13)8-3-7(15-9(17)5-16)2-1-6(8)4-14;1-3-13-10-6-4-9(5-7-10)11-8(2)12/h1-3,16H,5H2,(H,15,17);4-7H,3H2,1-2H3,(H,11,12). The van der Waals surface area contributed by atoms with Crippen molar-refractivity contribution in [2.75, 3.05) is 23.8 Å². The first-order valence-electron chi connectivity index (χ1n) is 8.63. The van der Waals surface area contributed by atoms with E-state index >= 15 is 0 Å². The Kier molecular flexibility index (Phi) is 9.32. The van der Waals surface area contributed by atoms with Gasteiger partial charge < -0.3 is 20.5 Å². The van der Waals surface area contributed by atoms with E-state index in [0.29, 0.717) is 12.7 Å². The van der Waals surface area contributed by atoms with Gasteiger partial charge in [-0.15, -0.1) is 0 Å². The molecular weight excluding hydrogens is 403 g/mol. The fraction of sp³-hybridized carbons (Fsp3) is 0.250. The maximum Gasteiger partial charge on any atom is 0.417 e. The molecule has 0 aliphatic rings. The fourth-order valence-electron chi connectivity index (χ4n) is 2.16. The molecule has 7 nitrogen and oxygen atoms in total. The summed E-state index contributed by atoms with van der Waals surface area (Å²) in [5.74, 6) is -0.0800. The van der Waals surface area contributed by atoms with Gasteiger partial charge in [0.1, 0.15) is 12.4 Å². The van der Waals surface area contributed by atoms with E-state index in [2.05, 4.69) is 10.6 Å². The predicted molar refractivity (Wildman–Crippen MR) is 104 cm³/mol. The molecule has 2 aromatic carbocycles. The van der Waals surface area contributed by atoms with Gasteiger partial charge in [0, 0.05) is 18.3 Å². The maximum atomic E-state index is 12.5. The van der Waals surface area contributed by atoms with E-state index in [4.69, 9.17) is 15.1 Å². The number of anilines is 2. The molecule has 10 heteroatoms. The Labute approximate surface area is 171 Å². The molecule has 0 heterocycles. The van der Waals surface area contributed by atoms with Crippen molar-refractivity contribution in [3.05, 3.63) is 53.6 Å². The van der Waals surface area contributed by atoms with Gasteiger partial charge in [0.05, 0.1) is 23.8 Å². The van der Waals surface area contributed by atoms with Gasteiger partial charge in [-0.05, 0) is 49.4 Å². The normalized spacial score (nSPS) is 10.2. The second kappa shape index (κ2) is 11.4. The smallest absolute Gasteiger partial charge is 0.417 e. The molecule has 160 valence electrons. The lowest BCUT2D eigenvalue weighted by Gasteiger charge is -2.11. The lowest BCUT2D eigenvalue weighted by atomic mass is 10.1. The van der Waals surface area contributed by atoms with E-state index in [1.807, 2.05) is 31.2 Å². The highest BCUT2D eigenvalue weighted by molar-refractivity contribution is 5.91. The van der Waals surface area contributed by atoms with Gasteiger partial charge in [-0.2, -0.15) is 18.4 Å². The fourth-order valence-corrected chi connectivity index (χ4v) is 2.16. The first kappa shape index (κ1) is 24.5. The molecule has 0 unspecified atom stereocenters. The number of rotatable bonds is 5. The third-order valence-electron chi connectivity index (χ3n) is 3.36. The number of carbonyl (C=O) groups is 2. The van der Waals surface area contributed by atoms with Gasteiger partial charge in [-0.25, -0.2) is 0 Å². The Morgan fingerprint density at radius 3 is 2.17 bits per heavy atom. The molecule has 2 amide bonds. The van der Waals surface area contributed by atoms with E-state index in [0.717, 1.165) is 23.6 Å². The average molecular weight is 423 g/mol. The van der Waals surface area contributed by atoms with Crippen molar-refractivity contribution in [3.63, 3.8) is 0 Å². The van der Waals surface area contributed by atoms with Gasteiger partial charge in [0.2, 0.25) is 11.8 Å². The maximum absolute atomic E-state index is 12.5. The summed E-state index contributed by atoms with van der Waals surface area (Å²) in [5.41, 5.74) is -0.999.